The standard InChI is InChI=1S/C22H16ClFN2O3/c23-15-5-3-6-16(24)20(15)21-25-17-7-2-1-4-14(17)22(27)26(21)11-13-8-9-18-19(10-13)29-12-28-18/h1-10,21,25H,11-12H2/t21-/m1/s1. The van der Waals surface area contributed by atoms with Crippen LogP contribution in [0.15, 0.2) is 60.7 Å². The van der Waals surface area contributed by atoms with Gasteiger partial charge in [0.25, 0.3) is 5.91 Å². The molecule has 29 heavy (non-hydrogen) atoms. The van der Waals surface area contributed by atoms with Crippen molar-refractivity contribution in [3.63, 3.8) is 0 Å². The fourth-order valence-electron chi connectivity index (χ4n) is 3.69. The molecule has 0 aromatic heterocycles. The molecule has 0 saturated heterocycles. The molecular formula is C22H16ClFN2O3. The molecule has 7 heteroatoms. The van der Waals surface area contributed by atoms with Gasteiger partial charge in [0.15, 0.2) is 11.5 Å². The summed E-state index contributed by atoms with van der Waals surface area (Å²) in [5, 5.41) is 3.53. The van der Waals surface area contributed by atoms with Crippen LogP contribution in [0.1, 0.15) is 27.7 Å². The summed E-state index contributed by atoms with van der Waals surface area (Å²) in [5.41, 5.74) is 2.24. The number of ether oxygens (including phenoxy) is 2. The third-order valence-electron chi connectivity index (χ3n) is 5.09. The van der Waals surface area contributed by atoms with Crippen LogP contribution in [-0.2, 0) is 6.54 Å². The minimum Gasteiger partial charge on any atom is -0.454 e. The quantitative estimate of drug-likeness (QED) is 0.662. The van der Waals surface area contributed by atoms with Gasteiger partial charge < -0.3 is 19.7 Å². The van der Waals surface area contributed by atoms with Gasteiger partial charge in [-0.3, -0.25) is 4.79 Å². The van der Waals surface area contributed by atoms with Gasteiger partial charge in [0.2, 0.25) is 6.79 Å². The van der Waals surface area contributed by atoms with E-state index in [1.807, 2.05) is 18.2 Å². The molecule has 146 valence electrons. The van der Waals surface area contributed by atoms with Crippen LogP contribution in [-0.4, -0.2) is 17.6 Å². The number of hydrogen-bond acceptors (Lipinski definition) is 4. The van der Waals surface area contributed by atoms with Crippen molar-refractivity contribution in [1.82, 2.24) is 4.90 Å². The lowest BCUT2D eigenvalue weighted by molar-refractivity contribution is 0.0663. The molecular weight excluding hydrogens is 395 g/mol. The molecule has 0 fully saturated rings. The molecule has 1 atom stereocenters. The summed E-state index contributed by atoms with van der Waals surface area (Å²) in [7, 11) is 0. The zero-order chi connectivity index (χ0) is 20.0. The fourth-order valence-corrected chi connectivity index (χ4v) is 3.96. The van der Waals surface area contributed by atoms with E-state index in [2.05, 4.69) is 5.32 Å². The van der Waals surface area contributed by atoms with Crippen LogP contribution < -0.4 is 14.8 Å². The van der Waals surface area contributed by atoms with E-state index in [1.165, 1.54) is 6.07 Å². The number of halogens is 2. The van der Waals surface area contributed by atoms with Crippen LogP contribution in [0.4, 0.5) is 10.1 Å². The van der Waals surface area contributed by atoms with Crippen molar-refractivity contribution in [3.8, 4) is 11.5 Å². The van der Waals surface area contributed by atoms with Crippen LogP contribution in [0.25, 0.3) is 0 Å². The second-order valence-corrected chi connectivity index (χ2v) is 7.26. The second-order valence-electron chi connectivity index (χ2n) is 6.85. The van der Waals surface area contributed by atoms with Crippen molar-refractivity contribution in [2.24, 2.45) is 0 Å². The van der Waals surface area contributed by atoms with Crippen LogP contribution in [0.5, 0.6) is 11.5 Å². The second kappa shape index (κ2) is 6.97. The van der Waals surface area contributed by atoms with Gasteiger partial charge in [-0.25, -0.2) is 4.39 Å². The molecule has 2 aliphatic rings. The van der Waals surface area contributed by atoms with Gasteiger partial charge in [-0.2, -0.15) is 0 Å². The molecule has 1 amide bonds. The first-order chi connectivity index (χ1) is 14.1. The first-order valence-corrected chi connectivity index (χ1v) is 9.48. The maximum Gasteiger partial charge on any atom is 0.258 e. The number of benzene rings is 3. The molecule has 2 heterocycles. The summed E-state index contributed by atoms with van der Waals surface area (Å²) >= 11 is 6.33. The van der Waals surface area contributed by atoms with Gasteiger partial charge >= 0.3 is 0 Å². The van der Waals surface area contributed by atoms with E-state index >= 15 is 0 Å². The smallest absolute Gasteiger partial charge is 0.258 e. The zero-order valence-corrected chi connectivity index (χ0v) is 15.9. The SMILES string of the molecule is O=C1c2ccccc2N[C@@H](c2c(F)cccc2Cl)N1Cc1ccc2c(c1)OCO2. The first kappa shape index (κ1) is 17.8. The highest BCUT2D eigenvalue weighted by Gasteiger charge is 2.35. The Bertz CT molecular complexity index is 1100. The van der Waals surface area contributed by atoms with Gasteiger partial charge in [-0.1, -0.05) is 35.9 Å². The maximum absolute atomic E-state index is 14.7. The van der Waals surface area contributed by atoms with Crippen molar-refractivity contribution < 1.29 is 18.7 Å². The summed E-state index contributed by atoms with van der Waals surface area (Å²) in [5.74, 6) is 0.607. The summed E-state index contributed by atoms with van der Waals surface area (Å²) in [4.78, 5) is 14.9. The van der Waals surface area contributed by atoms with Crippen molar-refractivity contribution in [1.29, 1.82) is 0 Å². The Hall–Kier alpha value is -3.25. The first-order valence-electron chi connectivity index (χ1n) is 9.11. The molecule has 5 nitrogen and oxygen atoms in total. The number of carbonyl (C=O) groups excluding carboxylic acids is 1. The summed E-state index contributed by atoms with van der Waals surface area (Å²) in [6, 6.07) is 17.2. The molecule has 0 aliphatic carbocycles. The zero-order valence-electron chi connectivity index (χ0n) is 15.2. The average molecular weight is 411 g/mol. The lowest BCUT2D eigenvalue weighted by atomic mass is 10.0. The van der Waals surface area contributed by atoms with Crippen molar-refractivity contribution in [2.75, 3.05) is 12.1 Å². The Labute approximate surface area is 171 Å². The monoisotopic (exact) mass is 410 g/mol. The van der Waals surface area contributed by atoms with Crippen molar-refractivity contribution >= 4 is 23.2 Å². The number of amides is 1. The van der Waals surface area contributed by atoms with E-state index in [0.29, 0.717) is 22.7 Å². The number of fused-ring (bicyclic) bond motifs is 2. The van der Waals surface area contributed by atoms with E-state index in [4.69, 9.17) is 21.1 Å². The Morgan fingerprint density at radius 3 is 2.76 bits per heavy atom. The molecule has 0 spiro atoms. The highest BCUT2D eigenvalue weighted by atomic mass is 35.5. The van der Waals surface area contributed by atoms with Crippen LogP contribution in [0.3, 0.4) is 0 Å². The molecule has 5 rings (SSSR count). The summed E-state index contributed by atoms with van der Waals surface area (Å²) < 4.78 is 25.5. The normalized spacial score (nSPS) is 17.1. The van der Waals surface area contributed by atoms with E-state index in [0.717, 1.165) is 5.56 Å². The number of nitrogens with one attached hydrogen (secondary N) is 1. The number of rotatable bonds is 3. The van der Waals surface area contributed by atoms with E-state index in [-0.39, 0.29) is 29.8 Å². The molecule has 0 bridgehead atoms. The predicted octanol–water partition coefficient (Wildman–Crippen LogP) is 4.97. The fraction of sp³-hybridized carbons (Fsp3) is 0.136. The van der Waals surface area contributed by atoms with Gasteiger partial charge in [-0.05, 0) is 42.0 Å². The Balaban J connectivity index is 1.58. The largest absolute Gasteiger partial charge is 0.454 e. The minimum absolute atomic E-state index is 0.170. The third-order valence-corrected chi connectivity index (χ3v) is 5.41. The lowest BCUT2D eigenvalue weighted by Crippen LogP contribution is -2.43. The van der Waals surface area contributed by atoms with Gasteiger partial charge in [0.05, 0.1) is 10.6 Å². The van der Waals surface area contributed by atoms with Gasteiger partial charge in [0.1, 0.15) is 12.0 Å². The van der Waals surface area contributed by atoms with E-state index in [1.54, 1.807) is 41.3 Å². The van der Waals surface area contributed by atoms with Gasteiger partial charge in [-0.15, -0.1) is 0 Å². The van der Waals surface area contributed by atoms with Crippen molar-refractivity contribution in [2.45, 2.75) is 12.7 Å². The Morgan fingerprint density at radius 2 is 1.90 bits per heavy atom. The summed E-state index contributed by atoms with van der Waals surface area (Å²) in [6.07, 6.45) is -0.753. The minimum atomic E-state index is -0.753. The number of para-hydroxylation sites is 1. The van der Waals surface area contributed by atoms with Gasteiger partial charge in [0, 0.05) is 17.8 Å². The highest BCUT2D eigenvalue weighted by Crippen LogP contribution is 2.39. The Kier molecular flexibility index (Phi) is 4.28. The molecule has 3 aromatic rings. The van der Waals surface area contributed by atoms with E-state index in [9.17, 15) is 9.18 Å². The van der Waals surface area contributed by atoms with Crippen LogP contribution in [0, 0.1) is 5.82 Å². The van der Waals surface area contributed by atoms with Crippen LogP contribution in [0.2, 0.25) is 5.02 Å². The molecule has 1 N–H and O–H groups in total. The number of nitrogens with zero attached hydrogens (tertiary/aromatic N) is 1. The van der Waals surface area contributed by atoms with Crippen LogP contribution >= 0.6 is 11.6 Å². The molecule has 0 unspecified atom stereocenters. The number of hydrogen-bond donors (Lipinski definition) is 1. The third kappa shape index (κ3) is 3.06. The molecule has 2 aliphatic heterocycles. The Morgan fingerprint density at radius 1 is 1.07 bits per heavy atom. The van der Waals surface area contributed by atoms with Crippen molar-refractivity contribution in [3.05, 3.63) is 88.2 Å². The summed E-state index contributed by atoms with van der Waals surface area (Å²) in [6.45, 7) is 0.413. The predicted molar refractivity (Wildman–Crippen MR) is 107 cm³/mol. The maximum atomic E-state index is 14.7. The molecule has 0 radical (unpaired) electrons. The average Bonchev–Trinajstić information content (AvgIpc) is 3.18. The molecule has 3 aromatic carbocycles. The van der Waals surface area contributed by atoms with E-state index < -0.39 is 12.0 Å². The number of carbonyl (C=O) groups is 1. The highest BCUT2D eigenvalue weighted by molar-refractivity contribution is 6.31. The number of anilines is 1. The molecule has 0 saturated carbocycles. The lowest BCUT2D eigenvalue weighted by Gasteiger charge is -2.38. The topological polar surface area (TPSA) is 50.8 Å².